The molecule has 138 valence electrons. The predicted octanol–water partition coefficient (Wildman–Crippen LogP) is 5.14. The van der Waals surface area contributed by atoms with Crippen molar-refractivity contribution in [1.82, 2.24) is 10.2 Å². The maximum atomic E-state index is 13.4. The Morgan fingerprint density at radius 1 is 0.833 bits per heavy atom. The van der Waals surface area contributed by atoms with Gasteiger partial charge in [-0.3, -0.25) is 10.1 Å². The van der Waals surface area contributed by atoms with Crippen LogP contribution in [0.5, 0.6) is 0 Å². The van der Waals surface area contributed by atoms with Gasteiger partial charge in [-0.05, 0) is 44.9 Å². The lowest BCUT2D eigenvalue weighted by Crippen LogP contribution is -2.56. The van der Waals surface area contributed by atoms with E-state index in [0.717, 1.165) is 19.4 Å². The first-order chi connectivity index (χ1) is 11.7. The van der Waals surface area contributed by atoms with Crippen LogP contribution in [0.4, 0.5) is 0 Å². The number of carbonyl (C=O) groups excluding carboxylic acids is 1. The molecule has 3 rings (SSSR count). The molecule has 0 bridgehead atoms. The molecule has 1 heterocycles. The van der Waals surface area contributed by atoms with Gasteiger partial charge in [-0.1, -0.05) is 64.7 Å². The Hall–Kier alpha value is -0.570. The summed E-state index contributed by atoms with van der Waals surface area (Å²) in [6.45, 7) is 3.25. The Kier molecular flexibility index (Phi) is 6.23. The average Bonchev–Trinajstić information content (AvgIpc) is 2.81. The summed E-state index contributed by atoms with van der Waals surface area (Å²) in [7, 11) is 0. The van der Waals surface area contributed by atoms with E-state index >= 15 is 0 Å². The van der Waals surface area contributed by atoms with Gasteiger partial charge in [-0.25, -0.2) is 0 Å². The van der Waals surface area contributed by atoms with Gasteiger partial charge >= 0.3 is 0 Å². The SMILES string of the molecule is CCCCCCCCN1C(=O)C2(CCCCC2)NC12CCCCC2. The quantitative estimate of drug-likeness (QED) is 0.654. The third kappa shape index (κ3) is 3.66. The minimum atomic E-state index is -0.197. The Balaban J connectivity index is 1.63. The lowest BCUT2D eigenvalue weighted by atomic mass is 9.81. The van der Waals surface area contributed by atoms with Gasteiger partial charge in [0.15, 0.2) is 0 Å². The highest BCUT2D eigenvalue weighted by atomic mass is 16.2. The Morgan fingerprint density at radius 2 is 1.42 bits per heavy atom. The monoisotopic (exact) mass is 334 g/mol. The van der Waals surface area contributed by atoms with Crippen LogP contribution in [-0.4, -0.2) is 28.6 Å². The fourth-order valence-corrected chi connectivity index (χ4v) is 5.41. The van der Waals surface area contributed by atoms with Crippen molar-refractivity contribution >= 4 is 5.91 Å². The van der Waals surface area contributed by atoms with Crippen LogP contribution in [-0.2, 0) is 4.79 Å². The van der Waals surface area contributed by atoms with Gasteiger partial charge in [0.1, 0.15) is 0 Å². The number of rotatable bonds is 7. The summed E-state index contributed by atoms with van der Waals surface area (Å²) >= 11 is 0. The predicted molar refractivity (Wildman–Crippen MR) is 99.9 cm³/mol. The zero-order valence-corrected chi connectivity index (χ0v) is 15.9. The maximum absolute atomic E-state index is 13.4. The summed E-state index contributed by atoms with van der Waals surface area (Å²) in [5, 5.41) is 3.96. The summed E-state index contributed by atoms with van der Waals surface area (Å²) < 4.78 is 0. The van der Waals surface area contributed by atoms with Crippen molar-refractivity contribution in [3.05, 3.63) is 0 Å². The molecule has 3 nitrogen and oxygen atoms in total. The molecule has 2 spiro atoms. The minimum absolute atomic E-state index is 0.0100. The van der Waals surface area contributed by atoms with E-state index in [4.69, 9.17) is 0 Å². The number of hydrogen-bond acceptors (Lipinski definition) is 2. The summed E-state index contributed by atoms with van der Waals surface area (Å²) in [6, 6.07) is 0. The molecule has 1 N–H and O–H groups in total. The van der Waals surface area contributed by atoms with Gasteiger partial charge in [0.25, 0.3) is 0 Å². The minimum Gasteiger partial charge on any atom is -0.323 e. The molecule has 0 unspecified atom stereocenters. The highest BCUT2D eigenvalue weighted by Gasteiger charge is 2.58. The van der Waals surface area contributed by atoms with Crippen molar-refractivity contribution in [2.45, 2.75) is 121 Å². The molecule has 2 saturated carbocycles. The maximum Gasteiger partial charge on any atom is 0.244 e. The molecule has 0 aromatic carbocycles. The van der Waals surface area contributed by atoms with Gasteiger partial charge in [-0.2, -0.15) is 0 Å². The Labute approximate surface area is 148 Å². The van der Waals surface area contributed by atoms with Crippen LogP contribution in [0.25, 0.3) is 0 Å². The molecule has 24 heavy (non-hydrogen) atoms. The van der Waals surface area contributed by atoms with Crippen LogP contribution in [0.15, 0.2) is 0 Å². The molecular weight excluding hydrogens is 296 g/mol. The van der Waals surface area contributed by atoms with Crippen molar-refractivity contribution in [3.8, 4) is 0 Å². The van der Waals surface area contributed by atoms with Crippen LogP contribution in [0.3, 0.4) is 0 Å². The average molecular weight is 335 g/mol. The van der Waals surface area contributed by atoms with Crippen LogP contribution < -0.4 is 5.32 Å². The van der Waals surface area contributed by atoms with E-state index in [9.17, 15) is 4.79 Å². The second-order valence-electron chi connectivity index (χ2n) is 8.58. The molecule has 2 aliphatic carbocycles. The third-order valence-corrected chi connectivity index (χ3v) is 6.77. The Morgan fingerprint density at radius 3 is 2.08 bits per heavy atom. The van der Waals surface area contributed by atoms with E-state index in [2.05, 4.69) is 17.1 Å². The standard InChI is InChI=1S/C21H38N2O/c1-2-3-4-5-6-13-18-23-19(24)20(14-9-7-10-15-20)22-21(23)16-11-8-12-17-21/h22H,2-18H2,1H3. The van der Waals surface area contributed by atoms with Crippen molar-refractivity contribution in [1.29, 1.82) is 0 Å². The molecule has 3 fully saturated rings. The van der Waals surface area contributed by atoms with Crippen LogP contribution in [0, 0.1) is 0 Å². The lowest BCUT2D eigenvalue weighted by molar-refractivity contribution is -0.136. The Bertz CT molecular complexity index is 408. The van der Waals surface area contributed by atoms with Crippen molar-refractivity contribution in [2.24, 2.45) is 0 Å². The van der Waals surface area contributed by atoms with Crippen molar-refractivity contribution in [2.75, 3.05) is 6.54 Å². The first-order valence-corrected chi connectivity index (χ1v) is 10.8. The third-order valence-electron chi connectivity index (χ3n) is 6.77. The first kappa shape index (κ1) is 18.2. The van der Waals surface area contributed by atoms with Crippen LogP contribution in [0.1, 0.15) is 110 Å². The van der Waals surface area contributed by atoms with Gasteiger partial charge < -0.3 is 4.90 Å². The number of nitrogens with one attached hydrogen (secondary N) is 1. The lowest BCUT2D eigenvalue weighted by Gasteiger charge is -2.42. The second-order valence-corrected chi connectivity index (χ2v) is 8.58. The number of nitrogens with zero attached hydrogens (tertiary/aromatic N) is 1. The van der Waals surface area contributed by atoms with Gasteiger partial charge in [-0.15, -0.1) is 0 Å². The molecule has 0 radical (unpaired) electrons. The van der Waals surface area contributed by atoms with Gasteiger partial charge in [0.05, 0.1) is 11.2 Å². The molecule has 3 heteroatoms. The highest BCUT2D eigenvalue weighted by Crippen LogP contribution is 2.44. The van der Waals surface area contributed by atoms with Crippen molar-refractivity contribution in [3.63, 3.8) is 0 Å². The van der Waals surface area contributed by atoms with E-state index < -0.39 is 0 Å². The van der Waals surface area contributed by atoms with Crippen LogP contribution in [0.2, 0.25) is 0 Å². The molecule has 3 aliphatic rings. The summed E-state index contributed by atoms with van der Waals surface area (Å²) in [4.78, 5) is 15.7. The number of carbonyl (C=O) groups is 1. The van der Waals surface area contributed by atoms with E-state index in [1.54, 1.807) is 0 Å². The number of amides is 1. The highest BCUT2D eigenvalue weighted by molar-refractivity contribution is 5.89. The van der Waals surface area contributed by atoms with Crippen molar-refractivity contribution < 1.29 is 4.79 Å². The smallest absolute Gasteiger partial charge is 0.244 e. The normalized spacial score (nSPS) is 25.7. The first-order valence-electron chi connectivity index (χ1n) is 10.8. The van der Waals surface area contributed by atoms with E-state index in [0.29, 0.717) is 5.91 Å². The van der Waals surface area contributed by atoms with E-state index in [1.807, 2.05) is 0 Å². The fraction of sp³-hybridized carbons (Fsp3) is 0.952. The molecule has 1 aliphatic heterocycles. The summed E-state index contributed by atoms with van der Waals surface area (Å²) in [5.74, 6) is 0.456. The van der Waals surface area contributed by atoms with Gasteiger partial charge in [0.2, 0.25) is 5.91 Å². The molecule has 0 atom stereocenters. The number of hydrogen-bond donors (Lipinski definition) is 1. The molecule has 1 amide bonds. The zero-order valence-electron chi connectivity index (χ0n) is 15.9. The molecular formula is C21H38N2O. The van der Waals surface area contributed by atoms with Gasteiger partial charge in [0, 0.05) is 6.54 Å². The van der Waals surface area contributed by atoms with E-state index in [-0.39, 0.29) is 11.2 Å². The summed E-state index contributed by atoms with van der Waals surface area (Å²) in [6.07, 6.45) is 20.0. The van der Waals surface area contributed by atoms with E-state index in [1.165, 1.54) is 89.9 Å². The second kappa shape index (κ2) is 8.21. The molecule has 0 aromatic heterocycles. The summed E-state index contributed by atoms with van der Waals surface area (Å²) in [5.41, 5.74) is -0.187. The number of unbranched alkanes of at least 4 members (excludes halogenated alkanes) is 5. The fourth-order valence-electron chi connectivity index (χ4n) is 5.41. The molecule has 1 saturated heterocycles. The van der Waals surface area contributed by atoms with Crippen LogP contribution >= 0.6 is 0 Å². The largest absolute Gasteiger partial charge is 0.323 e. The molecule has 0 aromatic rings. The topological polar surface area (TPSA) is 32.3 Å². The zero-order chi connectivity index (χ0) is 16.9.